The van der Waals surface area contributed by atoms with Gasteiger partial charge in [0.05, 0.1) is 24.6 Å². The highest BCUT2D eigenvalue weighted by atomic mass is 32.1. The number of ether oxygens (including phenoxy) is 2. The molecule has 0 N–H and O–H groups in total. The summed E-state index contributed by atoms with van der Waals surface area (Å²) in [6, 6.07) is 1.91. The van der Waals surface area contributed by atoms with Gasteiger partial charge in [-0.2, -0.15) is 9.61 Å². The molecule has 0 aliphatic carbocycles. The van der Waals surface area contributed by atoms with Gasteiger partial charge in [-0.3, -0.25) is 0 Å². The van der Waals surface area contributed by atoms with E-state index in [9.17, 15) is 4.79 Å². The Morgan fingerprint density at radius 3 is 2.86 bits per heavy atom. The second-order valence-corrected chi connectivity index (χ2v) is 9.01. The first-order valence-corrected chi connectivity index (χ1v) is 10.5. The number of aromatic nitrogens is 4. The molecule has 0 aromatic carbocycles. The van der Waals surface area contributed by atoms with Crippen molar-refractivity contribution in [1.29, 1.82) is 0 Å². The fourth-order valence-corrected chi connectivity index (χ4v) is 4.17. The van der Waals surface area contributed by atoms with Crippen LogP contribution in [-0.2, 0) is 4.74 Å². The monoisotopic (exact) mass is 415 g/mol. The molecule has 4 rings (SSSR count). The van der Waals surface area contributed by atoms with Crippen LogP contribution >= 0.6 is 11.3 Å². The van der Waals surface area contributed by atoms with Crippen molar-refractivity contribution in [3.8, 4) is 16.5 Å². The zero-order chi connectivity index (χ0) is 20.6. The highest BCUT2D eigenvalue weighted by Crippen LogP contribution is 2.32. The van der Waals surface area contributed by atoms with Crippen LogP contribution in [0.4, 0.5) is 4.79 Å². The third kappa shape index (κ3) is 4.05. The Balaban J connectivity index is 1.66. The molecule has 0 bridgehead atoms. The Bertz CT molecular complexity index is 1010. The average Bonchev–Trinajstić information content (AvgIpc) is 3.35. The largest absolute Gasteiger partial charge is 0.481 e. The summed E-state index contributed by atoms with van der Waals surface area (Å²) in [5, 5.41) is 7.22. The number of carbonyl (C=O) groups is 1. The molecule has 0 radical (unpaired) electrons. The van der Waals surface area contributed by atoms with Crippen molar-refractivity contribution in [3.05, 3.63) is 29.5 Å². The quantitative estimate of drug-likeness (QED) is 0.644. The van der Waals surface area contributed by atoms with E-state index in [1.54, 1.807) is 40.3 Å². The zero-order valence-electron chi connectivity index (χ0n) is 17.1. The maximum Gasteiger partial charge on any atom is 0.410 e. The van der Waals surface area contributed by atoms with Gasteiger partial charge in [0.2, 0.25) is 5.88 Å². The standard InChI is InChI=1S/C20H25N5O3S/c1-20(2,3)28-19(26)24-8-5-6-13(12-24)15-10-16(27-4)25-17(23-15)14(11-22-25)18-21-7-9-29-18/h7,9-11,13H,5-6,8,12H2,1-4H3. The summed E-state index contributed by atoms with van der Waals surface area (Å²) >= 11 is 1.55. The van der Waals surface area contributed by atoms with Gasteiger partial charge >= 0.3 is 6.09 Å². The van der Waals surface area contributed by atoms with Crippen molar-refractivity contribution in [2.75, 3.05) is 20.2 Å². The Morgan fingerprint density at radius 1 is 1.34 bits per heavy atom. The molecule has 29 heavy (non-hydrogen) atoms. The number of fused-ring (bicyclic) bond motifs is 1. The molecule has 1 aliphatic heterocycles. The maximum atomic E-state index is 12.5. The van der Waals surface area contributed by atoms with Crippen LogP contribution in [0.2, 0.25) is 0 Å². The molecule has 0 saturated carbocycles. The summed E-state index contributed by atoms with van der Waals surface area (Å²) in [6.07, 6.45) is 5.11. The van der Waals surface area contributed by atoms with Crippen LogP contribution in [-0.4, -0.2) is 56.4 Å². The Kier molecular flexibility index (Phi) is 5.16. The summed E-state index contributed by atoms with van der Waals surface area (Å²) in [5.74, 6) is 0.719. The number of likely N-dealkylation sites (tertiary alicyclic amines) is 1. The van der Waals surface area contributed by atoms with Gasteiger partial charge in [0.1, 0.15) is 10.6 Å². The van der Waals surface area contributed by atoms with Crippen molar-refractivity contribution in [3.63, 3.8) is 0 Å². The van der Waals surface area contributed by atoms with Crippen LogP contribution in [0.3, 0.4) is 0 Å². The summed E-state index contributed by atoms with van der Waals surface area (Å²) in [5.41, 5.74) is 1.97. The molecule has 1 aliphatic rings. The lowest BCUT2D eigenvalue weighted by atomic mass is 9.94. The van der Waals surface area contributed by atoms with E-state index in [2.05, 4.69) is 10.1 Å². The van der Waals surface area contributed by atoms with Gasteiger partial charge in [0.25, 0.3) is 0 Å². The van der Waals surface area contributed by atoms with Crippen LogP contribution in [0.5, 0.6) is 5.88 Å². The number of nitrogens with zero attached hydrogens (tertiary/aromatic N) is 5. The SMILES string of the molecule is COc1cc(C2CCCN(C(=O)OC(C)(C)C)C2)nc2c(-c3nccs3)cnn12. The second kappa shape index (κ2) is 7.62. The molecule has 4 heterocycles. The van der Waals surface area contributed by atoms with E-state index in [0.29, 0.717) is 24.6 Å². The van der Waals surface area contributed by atoms with E-state index in [1.807, 2.05) is 32.2 Å². The molecular weight excluding hydrogens is 390 g/mol. The number of rotatable bonds is 3. The topological polar surface area (TPSA) is 81.8 Å². The third-order valence-corrected chi connectivity index (χ3v) is 5.63. The average molecular weight is 416 g/mol. The molecule has 0 spiro atoms. The van der Waals surface area contributed by atoms with Gasteiger partial charge in [-0.1, -0.05) is 0 Å². The van der Waals surface area contributed by atoms with Crippen LogP contribution in [0, 0.1) is 0 Å². The van der Waals surface area contributed by atoms with Crippen molar-refractivity contribution in [2.45, 2.75) is 45.1 Å². The number of carbonyl (C=O) groups excluding carboxylic acids is 1. The number of thiazole rings is 1. The molecule has 3 aromatic heterocycles. The molecule has 9 heteroatoms. The van der Waals surface area contributed by atoms with Crippen molar-refractivity contribution < 1.29 is 14.3 Å². The first-order chi connectivity index (χ1) is 13.9. The molecule has 1 saturated heterocycles. The van der Waals surface area contributed by atoms with Crippen LogP contribution in [0.25, 0.3) is 16.2 Å². The first kappa shape index (κ1) is 19.6. The number of amides is 1. The Hall–Kier alpha value is -2.68. The highest BCUT2D eigenvalue weighted by Gasteiger charge is 2.30. The van der Waals surface area contributed by atoms with Crippen LogP contribution in [0.15, 0.2) is 23.8 Å². The summed E-state index contributed by atoms with van der Waals surface area (Å²) in [6.45, 7) is 6.91. The van der Waals surface area contributed by atoms with Gasteiger partial charge in [-0.15, -0.1) is 11.3 Å². The second-order valence-electron chi connectivity index (χ2n) is 8.12. The van der Waals surface area contributed by atoms with E-state index in [1.165, 1.54) is 0 Å². The van der Waals surface area contributed by atoms with E-state index in [0.717, 1.165) is 29.1 Å². The molecule has 1 fully saturated rings. The van der Waals surface area contributed by atoms with Gasteiger partial charge in [0, 0.05) is 36.7 Å². The summed E-state index contributed by atoms with van der Waals surface area (Å²) in [4.78, 5) is 23.6. The Morgan fingerprint density at radius 2 is 2.17 bits per heavy atom. The predicted molar refractivity (Wildman–Crippen MR) is 110 cm³/mol. The first-order valence-electron chi connectivity index (χ1n) is 9.66. The molecule has 8 nitrogen and oxygen atoms in total. The number of methoxy groups -OCH3 is 1. The lowest BCUT2D eigenvalue weighted by Gasteiger charge is -2.34. The highest BCUT2D eigenvalue weighted by molar-refractivity contribution is 7.13. The van der Waals surface area contributed by atoms with Crippen molar-refractivity contribution in [2.24, 2.45) is 0 Å². The third-order valence-electron chi connectivity index (χ3n) is 4.82. The molecule has 1 atom stereocenters. The number of hydrogen-bond donors (Lipinski definition) is 0. The smallest absolute Gasteiger partial charge is 0.410 e. The van der Waals surface area contributed by atoms with Gasteiger partial charge in [0.15, 0.2) is 5.65 Å². The van der Waals surface area contributed by atoms with Gasteiger partial charge in [-0.25, -0.2) is 14.8 Å². The minimum atomic E-state index is -0.509. The van der Waals surface area contributed by atoms with Crippen molar-refractivity contribution in [1.82, 2.24) is 24.5 Å². The lowest BCUT2D eigenvalue weighted by molar-refractivity contribution is 0.0197. The van der Waals surface area contributed by atoms with Gasteiger partial charge < -0.3 is 14.4 Å². The Labute approximate surface area is 173 Å². The number of piperidine rings is 1. The van der Waals surface area contributed by atoms with E-state index in [4.69, 9.17) is 14.5 Å². The van der Waals surface area contributed by atoms with E-state index in [-0.39, 0.29) is 12.0 Å². The molecule has 1 unspecified atom stereocenters. The van der Waals surface area contributed by atoms with Crippen LogP contribution < -0.4 is 4.74 Å². The normalized spacial score (nSPS) is 17.5. The van der Waals surface area contributed by atoms with Crippen LogP contribution in [0.1, 0.15) is 45.2 Å². The maximum absolute atomic E-state index is 12.5. The summed E-state index contributed by atoms with van der Waals surface area (Å²) < 4.78 is 12.8. The molecule has 1 amide bonds. The van der Waals surface area contributed by atoms with E-state index < -0.39 is 5.60 Å². The molecule has 154 valence electrons. The van der Waals surface area contributed by atoms with E-state index >= 15 is 0 Å². The molecular formula is C20H25N5O3S. The predicted octanol–water partition coefficient (Wildman–Crippen LogP) is 3.98. The number of hydrogen-bond acceptors (Lipinski definition) is 7. The van der Waals surface area contributed by atoms with Gasteiger partial charge in [-0.05, 0) is 33.6 Å². The lowest BCUT2D eigenvalue weighted by Crippen LogP contribution is -2.42. The fraction of sp³-hybridized carbons (Fsp3) is 0.500. The van der Waals surface area contributed by atoms with Crippen molar-refractivity contribution >= 4 is 23.1 Å². The minimum absolute atomic E-state index is 0.106. The molecule has 3 aromatic rings. The minimum Gasteiger partial charge on any atom is -0.481 e. The summed E-state index contributed by atoms with van der Waals surface area (Å²) in [7, 11) is 1.62. The zero-order valence-corrected chi connectivity index (χ0v) is 17.9. The fourth-order valence-electron chi connectivity index (χ4n) is 3.53.